The van der Waals surface area contributed by atoms with Gasteiger partial charge in [-0.15, -0.1) is 0 Å². The number of ether oxygens (including phenoxy) is 1. The molecule has 1 aromatic heterocycles. The summed E-state index contributed by atoms with van der Waals surface area (Å²) in [5.74, 6) is 1.26. The van der Waals surface area contributed by atoms with Crippen molar-refractivity contribution in [2.45, 2.75) is 6.42 Å². The third-order valence-electron chi connectivity index (χ3n) is 2.19. The molecule has 4 nitrogen and oxygen atoms in total. The second-order valence-electron chi connectivity index (χ2n) is 3.49. The normalized spacial score (nSPS) is 10.2. The summed E-state index contributed by atoms with van der Waals surface area (Å²) < 4.78 is 5.54. The number of nitrogens with two attached hydrogens (primary N) is 1. The maximum absolute atomic E-state index is 5.77. The molecule has 0 aliphatic heterocycles. The van der Waals surface area contributed by atoms with Crippen molar-refractivity contribution in [3.8, 4) is 5.75 Å². The molecule has 0 radical (unpaired) electrons. The number of nitrogen functional groups attached to an aromatic ring is 1. The molecule has 1 aromatic carbocycles. The van der Waals surface area contributed by atoms with Gasteiger partial charge < -0.3 is 10.5 Å². The van der Waals surface area contributed by atoms with Gasteiger partial charge >= 0.3 is 0 Å². The van der Waals surface area contributed by atoms with Crippen molar-refractivity contribution in [1.29, 1.82) is 0 Å². The lowest BCUT2D eigenvalue weighted by Crippen LogP contribution is -2.04. The van der Waals surface area contributed by atoms with E-state index in [9.17, 15) is 0 Å². The van der Waals surface area contributed by atoms with Crippen LogP contribution in [0.25, 0.3) is 0 Å². The van der Waals surface area contributed by atoms with Crippen LogP contribution >= 0.6 is 11.6 Å². The molecule has 0 atom stereocenters. The maximum Gasteiger partial charge on any atom is 0.126 e. The third kappa shape index (κ3) is 3.60. The highest BCUT2D eigenvalue weighted by Crippen LogP contribution is 2.15. The van der Waals surface area contributed by atoms with Crippen molar-refractivity contribution in [3.63, 3.8) is 0 Å². The highest BCUT2D eigenvalue weighted by Gasteiger charge is 1.98. The van der Waals surface area contributed by atoms with E-state index in [0.29, 0.717) is 23.9 Å². The first kappa shape index (κ1) is 11.7. The first-order valence-electron chi connectivity index (χ1n) is 5.19. The van der Waals surface area contributed by atoms with Crippen LogP contribution in [0.2, 0.25) is 5.02 Å². The first-order valence-corrected chi connectivity index (χ1v) is 5.56. The molecule has 5 heteroatoms. The van der Waals surface area contributed by atoms with Gasteiger partial charge in [-0.3, -0.25) is 0 Å². The van der Waals surface area contributed by atoms with Crippen LogP contribution in [0.3, 0.4) is 0 Å². The van der Waals surface area contributed by atoms with E-state index < -0.39 is 0 Å². The molecule has 2 rings (SSSR count). The predicted molar refractivity (Wildman–Crippen MR) is 67.1 cm³/mol. The molecular formula is C12H12ClN3O. The third-order valence-corrected chi connectivity index (χ3v) is 2.44. The van der Waals surface area contributed by atoms with E-state index >= 15 is 0 Å². The minimum atomic E-state index is 0.474. The van der Waals surface area contributed by atoms with Crippen LogP contribution in [-0.2, 0) is 6.42 Å². The topological polar surface area (TPSA) is 61.0 Å². The van der Waals surface area contributed by atoms with Gasteiger partial charge in [0, 0.05) is 23.2 Å². The van der Waals surface area contributed by atoms with Gasteiger partial charge in [0.1, 0.15) is 17.9 Å². The lowest BCUT2D eigenvalue weighted by Gasteiger charge is -2.05. The second kappa shape index (κ2) is 5.50. The van der Waals surface area contributed by atoms with Gasteiger partial charge in [0.05, 0.1) is 6.61 Å². The highest BCUT2D eigenvalue weighted by atomic mass is 35.5. The van der Waals surface area contributed by atoms with Gasteiger partial charge in [-0.25, -0.2) is 9.97 Å². The number of aromatic nitrogens is 2. The van der Waals surface area contributed by atoms with Crippen LogP contribution in [0.5, 0.6) is 5.75 Å². The maximum atomic E-state index is 5.77. The van der Waals surface area contributed by atoms with Crippen molar-refractivity contribution >= 4 is 17.4 Å². The number of benzene rings is 1. The Labute approximate surface area is 104 Å². The van der Waals surface area contributed by atoms with E-state index in [-0.39, 0.29) is 0 Å². The quantitative estimate of drug-likeness (QED) is 0.904. The minimum absolute atomic E-state index is 0.474. The standard InChI is InChI=1S/C12H12ClN3O/c13-9-1-3-11(4-2-9)17-6-5-10-7-12(14)16-8-15-10/h1-4,7-8H,5-6H2,(H2,14,15,16). The molecule has 2 aromatic rings. The van der Waals surface area contributed by atoms with Gasteiger partial charge in [0.2, 0.25) is 0 Å². The first-order chi connectivity index (χ1) is 8.24. The summed E-state index contributed by atoms with van der Waals surface area (Å²) in [7, 11) is 0. The van der Waals surface area contributed by atoms with E-state index in [4.69, 9.17) is 22.1 Å². The molecule has 0 saturated heterocycles. The number of rotatable bonds is 4. The molecule has 0 saturated carbocycles. The van der Waals surface area contributed by atoms with E-state index in [0.717, 1.165) is 11.4 Å². The van der Waals surface area contributed by atoms with E-state index in [1.54, 1.807) is 18.2 Å². The van der Waals surface area contributed by atoms with E-state index in [2.05, 4.69) is 9.97 Å². The summed E-state index contributed by atoms with van der Waals surface area (Å²) in [5, 5.41) is 0.695. The molecule has 0 bridgehead atoms. The molecule has 2 N–H and O–H groups in total. The molecular weight excluding hydrogens is 238 g/mol. The van der Waals surface area contributed by atoms with Crippen molar-refractivity contribution in [1.82, 2.24) is 9.97 Å². The molecule has 0 spiro atoms. The largest absolute Gasteiger partial charge is 0.493 e. The van der Waals surface area contributed by atoms with Crippen LogP contribution in [0.4, 0.5) is 5.82 Å². The average Bonchev–Trinajstić information content (AvgIpc) is 2.32. The zero-order valence-corrected chi connectivity index (χ0v) is 9.89. The fourth-order valence-electron chi connectivity index (χ4n) is 1.36. The molecule has 0 aliphatic rings. The number of nitrogens with zero attached hydrogens (tertiary/aromatic N) is 2. The van der Waals surface area contributed by atoms with Gasteiger partial charge in [-0.05, 0) is 24.3 Å². The zero-order valence-electron chi connectivity index (χ0n) is 9.14. The second-order valence-corrected chi connectivity index (χ2v) is 3.92. The molecule has 1 heterocycles. The summed E-state index contributed by atoms with van der Waals surface area (Å²) in [6.45, 7) is 0.540. The number of hydrogen-bond acceptors (Lipinski definition) is 4. The number of hydrogen-bond donors (Lipinski definition) is 1. The Balaban J connectivity index is 1.85. The van der Waals surface area contributed by atoms with Crippen LogP contribution in [-0.4, -0.2) is 16.6 Å². The van der Waals surface area contributed by atoms with Crippen molar-refractivity contribution in [3.05, 3.63) is 47.4 Å². The van der Waals surface area contributed by atoms with Gasteiger partial charge in [-0.2, -0.15) is 0 Å². The Hall–Kier alpha value is -1.81. The van der Waals surface area contributed by atoms with Crippen molar-refractivity contribution in [2.24, 2.45) is 0 Å². The van der Waals surface area contributed by atoms with Crippen molar-refractivity contribution < 1.29 is 4.74 Å². The Morgan fingerprint density at radius 3 is 2.65 bits per heavy atom. The average molecular weight is 250 g/mol. The number of anilines is 1. The smallest absolute Gasteiger partial charge is 0.126 e. The molecule has 0 aliphatic carbocycles. The molecule has 0 unspecified atom stereocenters. The summed E-state index contributed by atoms with van der Waals surface area (Å²) in [5.41, 5.74) is 6.42. The van der Waals surface area contributed by atoms with Crippen LogP contribution < -0.4 is 10.5 Å². The predicted octanol–water partition coefficient (Wildman–Crippen LogP) is 2.33. The van der Waals surface area contributed by atoms with Gasteiger partial charge in [0.25, 0.3) is 0 Å². The van der Waals surface area contributed by atoms with Gasteiger partial charge in [-0.1, -0.05) is 11.6 Å². The lowest BCUT2D eigenvalue weighted by molar-refractivity contribution is 0.320. The summed E-state index contributed by atoms with van der Waals surface area (Å²) in [4.78, 5) is 7.92. The SMILES string of the molecule is Nc1cc(CCOc2ccc(Cl)cc2)ncn1. The van der Waals surface area contributed by atoms with Gasteiger partial charge in [0.15, 0.2) is 0 Å². The summed E-state index contributed by atoms with van der Waals surface area (Å²) >= 11 is 5.77. The highest BCUT2D eigenvalue weighted by molar-refractivity contribution is 6.30. The van der Waals surface area contributed by atoms with Crippen LogP contribution in [0, 0.1) is 0 Å². The van der Waals surface area contributed by atoms with E-state index in [1.165, 1.54) is 6.33 Å². The fourth-order valence-corrected chi connectivity index (χ4v) is 1.48. The molecule has 0 amide bonds. The summed E-state index contributed by atoms with van der Waals surface area (Å²) in [6, 6.07) is 8.98. The summed E-state index contributed by atoms with van der Waals surface area (Å²) in [6.07, 6.45) is 2.14. The Kier molecular flexibility index (Phi) is 3.77. The van der Waals surface area contributed by atoms with Crippen LogP contribution in [0.1, 0.15) is 5.69 Å². The monoisotopic (exact) mass is 249 g/mol. The Morgan fingerprint density at radius 1 is 1.18 bits per heavy atom. The Bertz CT molecular complexity index is 487. The van der Waals surface area contributed by atoms with Crippen molar-refractivity contribution in [2.75, 3.05) is 12.3 Å². The van der Waals surface area contributed by atoms with Crippen LogP contribution in [0.15, 0.2) is 36.7 Å². The fraction of sp³-hybridized carbons (Fsp3) is 0.167. The number of halogens is 1. The minimum Gasteiger partial charge on any atom is -0.493 e. The lowest BCUT2D eigenvalue weighted by atomic mass is 10.3. The molecule has 0 fully saturated rings. The Morgan fingerprint density at radius 2 is 1.94 bits per heavy atom. The zero-order chi connectivity index (χ0) is 12.1. The molecule has 17 heavy (non-hydrogen) atoms. The molecule has 88 valence electrons. The van der Waals surface area contributed by atoms with E-state index in [1.807, 2.05) is 12.1 Å².